The third-order valence-electron chi connectivity index (χ3n) is 6.65. The Balaban J connectivity index is 1.15. The molecule has 3 fully saturated rings. The Morgan fingerprint density at radius 1 is 1.00 bits per heavy atom. The minimum absolute atomic E-state index is 0.0450. The van der Waals surface area contributed by atoms with Crippen molar-refractivity contribution < 1.29 is 9.53 Å². The first kappa shape index (κ1) is 17.9. The van der Waals surface area contributed by atoms with Gasteiger partial charge in [-0.3, -0.25) is 4.79 Å². The summed E-state index contributed by atoms with van der Waals surface area (Å²) in [6, 6.07) is 12.3. The number of aromatic nitrogens is 3. The number of hydrogen-bond acceptors (Lipinski definition) is 4. The Labute approximate surface area is 175 Å². The number of amides is 1. The number of rotatable bonds is 5. The van der Waals surface area contributed by atoms with Gasteiger partial charge < -0.3 is 14.2 Å². The molecule has 0 radical (unpaired) electrons. The Kier molecular flexibility index (Phi) is 4.25. The number of carbonyl (C=O) groups excluding carboxylic acids is 1. The van der Waals surface area contributed by atoms with Gasteiger partial charge in [0.05, 0.1) is 22.6 Å². The van der Waals surface area contributed by atoms with E-state index in [9.17, 15) is 4.79 Å². The van der Waals surface area contributed by atoms with Crippen molar-refractivity contribution in [1.29, 1.82) is 0 Å². The van der Waals surface area contributed by atoms with Crippen LogP contribution in [-0.2, 0) is 0 Å². The van der Waals surface area contributed by atoms with Gasteiger partial charge in [0.15, 0.2) is 0 Å². The summed E-state index contributed by atoms with van der Waals surface area (Å²) in [4.78, 5) is 24.1. The molecule has 30 heavy (non-hydrogen) atoms. The summed E-state index contributed by atoms with van der Waals surface area (Å²) >= 11 is 0. The highest BCUT2D eigenvalue weighted by Crippen LogP contribution is 2.43. The molecule has 0 atom stereocenters. The molecule has 0 unspecified atom stereocenters. The maximum absolute atomic E-state index is 12.9. The summed E-state index contributed by atoms with van der Waals surface area (Å²) in [5.41, 5.74) is 2.88. The van der Waals surface area contributed by atoms with Crippen LogP contribution in [0.3, 0.4) is 0 Å². The molecule has 1 aromatic carbocycles. The normalized spacial score (nSPS) is 19.9. The number of imidazole rings is 1. The first-order chi connectivity index (χ1) is 14.8. The van der Waals surface area contributed by atoms with E-state index in [1.165, 1.54) is 37.0 Å². The highest BCUT2D eigenvalue weighted by Gasteiger charge is 2.38. The second-order valence-electron chi connectivity index (χ2n) is 8.88. The SMILES string of the molecule is O=C(c1ccc(OC2CCCC2)nc1)N1CC(n2c(C3CC3)nc3ccccc32)C1. The van der Waals surface area contributed by atoms with Crippen LogP contribution in [0, 0.1) is 0 Å². The van der Waals surface area contributed by atoms with E-state index in [0.29, 0.717) is 23.4 Å². The van der Waals surface area contributed by atoms with Crippen molar-refractivity contribution in [2.75, 3.05) is 13.1 Å². The number of fused-ring (bicyclic) bond motifs is 1. The Bertz CT molecular complexity index is 1070. The van der Waals surface area contributed by atoms with Crippen molar-refractivity contribution in [1.82, 2.24) is 19.4 Å². The number of ether oxygens (including phenoxy) is 1. The van der Waals surface area contributed by atoms with Crippen LogP contribution in [0.4, 0.5) is 0 Å². The van der Waals surface area contributed by atoms with Gasteiger partial charge in [0.1, 0.15) is 11.9 Å². The van der Waals surface area contributed by atoms with Gasteiger partial charge in [-0.15, -0.1) is 0 Å². The van der Waals surface area contributed by atoms with Gasteiger partial charge in [-0.25, -0.2) is 9.97 Å². The second-order valence-corrected chi connectivity index (χ2v) is 8.88. The van der Waals surface area contributed by atoms with E-state index < -0.39 is 0 Å². The molecule has 2 aliphatic carbocycles. The highest BCUT2D eigenvalue weighted by atomic mass is 16.5. The minimum Gasteiger partial charge on any atom is -0.474 e. The third-order valence-corrected chi connectivity index (χ3v) is 6.65. The summed E-state index contributed by atoms with van der Waals surface area (Å²) in [5.74, 6) is 2.45. The molecule has 1 aliphatic heterocycles. The zero-order valence-electron chi connectivity index (χ0n) is 17.0. The van der Waals surface area contributed by atoms with Crippen LogP contribution < -0.4 is 4.74 Å². The molecule has 1 saturated heterocycles. The van der Waals surface area contributed by atoms with Crippen molar-refractivity contribution in [3.8, 4) is 5.88 Å². The Hall–Kier alpha value is -2.89. The molecular weight excluding hydrogens is 376 g/mol. The molecule has 3 heterocycles. The molecule has 2 aromatic heterocycles. The highest BCUT2D eigenvalue weighted by molar-refractivity contribution is 5.94. The predicted octanol–water partition coefficient (Wildman–Crippen LogP) is 4.33. The van der Waals surface area contributed by atoms with Crippen LogP contribution in [0.2, 0.25) is 0 Å². The Morgan fingerprint density at radius 3 is 2.53 bits per heavy atom. The van der Waals surface area contributed by atoms with E-state index in [2.05, 4.69) is 27.8 Å². The number of carbonyl (C=O) groups is 1. The van der Waals surface area contributed by atoms with Crippen LogP contribution in [-0.4, -0.2) is 44.5 Å². The van der Waals surface area contributed by atoms with Gasteiger partial charge in [0.2, 0.25) is 5.88 Å². The fourth-order valence-electron chi connectivity index (χ4n) is 4.80. The molecule has 154 valence electrons. The van der Waals surface area contributed by atoms with Crippen LogP contribution in [0.5, 0.6) is 5.88 Å². The summed E-state index contributed by atoms with van der Waals surface area (Å²) in [7, 11) is 0. The quantitative estimate of drug-likeness (QED) is 0.637. The van der Waals surface area contributed by atoms with Gasteiger partial charge in [0, 0.05) is 31.3 Å². The minimum atomic E-state index is 0.0450. The van der Waals surface area contributed by atoms with E-state index in [4.69, 9.17) is 9.72 Å². The molecule has 0 bridgehead atoms. The number of hydrogen-bond donors (Lipinski definition) is 0. The average molecular weight is 402 g/mol. The number of nitrogens with zero attached hydrogens (tertiary/aromatic N) is 4. The first-order valence-corrected chi connectivity index (χ1v) is 11.1. The monoisotopic (exact) mass is 402 g/mol. The summed E-state index contributed by atoms with van der Waals surface area (Å²) in [6.07, 6.45) is 9.03. The second kappa shape index (κ2) is 7.11. The van der Waals surface area contributed by atoms with Crippen LogP contribution >= 0.6 is 0 Å². The van der Waals surface area contributed by atoms with Crippen LogP contribution in [0.15, 0.2) is 42.6 Å². The van der Waals surface area contributed by atoms with Crippen molar-refractivity contribution in [2.24, 2.45) is 0 Å². The van der Waals surface area contributed by atoms with Gasteiger partial charge in [-0.05, 0) is 56.7 Å². The van der Waals surface area contributed by atoms with E-state index in [-0.39, 0.29) is 12.0 Å². The van der Waals surface area contributed by atoms with Crippen molar-refractivity contribution in [3.05, 3.63) is 54.0 Å². The fourth-order valence-corrected chi connectivity index (χ4v) is 4.80. The molecule has 2 saturated carbocycles. The number of pyridine rings is 1. The third kappa shape index (κ3) is 3.15. The molecule has 3 aliphatic rings. The maximum atomic E-state index is 12.9. The van der Waals surface area contributed by atoms with Crippen LogP contribution in [0.1, 0.15) is 66.7 Å². The van der Waals surface area contributed by atoms with E-state index in [0.717, 1.165) is 31.4 Å². The van der Waals surface area contributed by atoms with Gasteiger partial charge in [0.25, 0.3) is 5.91 Å². The zero-order chi connectivity index (χ0) is 20.1. The van der Waals surface area contributed by atoms with Crippen molar-refractivity contribution in [3.63, 3.8) is 0 Å². The largest absolute Gasteiger partial charge is 0.474 e. The van der Waals surface area contributed by atoms with E-state index in [1.54, 1.807) is 6.20 Å². The van der Waals surface area contributed by atoms with Gasteiger partial charge in [-0.2, -0.15) is 0 Å². The lowest BCUT2D eigenvalue weighted by atomic mass is 10.1. The molecule has 6 nitrogen and oxygen atoms in total. The van der Waals surface area contributed by atoms with E-state index >= 15 is 0 Å². The first-order valence-electron chi connectivity index (χ1n) is 11.1. The van der Waals surface area contributed by atoms with Crippen molar-refractivity contribution >= 4 is 16.9 Å². The topological polar surface area (TPSA) is 60.2 Å². The smallest absolute Gasteiger partial charge is 0.255 e. The molecule has 6 rings (SSSR count). The Morgan fingerprint density at radius 2 is 1.80 bits per heavy atom. The molecule has 0 spiro atoms. The lowest BCUT2D eigenvalue weighted by molar-refractivity contribution is 0.0521. The number of likely N-dealkylation sites (tertiary alicyclic amines) is 1. The van der Waals surface area contributed by atoms with E-state index in [1.807, 2.05) is 23.1 Å². The summed E-state index contributed by atoms with van der Waals surface area (Å²) in [5, 5.41) is 0. The maximum Gasteiger partial charge on any atom is 0.255 e. The van der Waals surface area contributed by atoms with Crippen molar-refractivity contribution in [2.45, 2.75) is 56.6 Å². The summed E-state index contributed by atoms with van der Waals surface area (Å²) < 4.78 is 8.30. The van der Waals surface area contributed by atoms with Gasteiger partial charge >= 0.3 is 0 Å². The summed E-state index contributed by atoms with van der Waals surface area (Å²) in [6.45, 7) is 1.44. The number of para-hydroxylation sites is 2. The fraction of sp³-hybridized carbons (Fsp3) is 0.458. The zero-order valence-corrected chi connectivity index (χ0v) is 17.0. The molecule has 6 heteroatoms. The average Bonchev–Trinajstić information content (AvgIpc) is 3.33. The number of benzene rings is 1. The molecule has 0 N–H and O–H groups in total. The lowest BCUT2D eigenvalue weighted by Crippen LogP contribution is -2.51. The van der Waals surface area contributed by atoms with Gasteiger partial charge in [-0.1, -0.05) is 12.1 Å². The predicted molar refractivity (Wildman–Crippen MR) is 114 cm³/mol. The standard InChI is InChI=1S/C24H26N4O2/c29-24(17-11-12-22(25-13-17)30-19-5-1-2-6-19)27-14-18(15-27)28-21-8-4-3-7-20(21)26-23(28)16-9-10-16/h3-4,7-8,11-13,16,18-19H,1-2,5-6,9-10,14-15H2. The van der Waals surface area contributed by atoms with Crippen LogP contribution in [0.25, 0.3) is 11.0 Å². The molecular formula is C24H26N4O2. The lowest BCUT2D eigenvalue weighted by Gasteiger charge is -2.41. The molecule has 3 aromatic rings. The molecule has 1 amide bonds.